The van der Waals surface area contributed by atoms with Crippen molar-refractivity contribution in [3.8, 4) is 0 Å². The number of likely N-dealkylation sites (N-methyl/N-ethyl adjacent to an activating group) is 1. The average Bonchev–Trinajstić information content (AvgIpc) is 2.35. The second-order valence-electron chi connectivity index (χ2n) is 3.97. The Kier molecular flexibility index (Phi) is 2.50. The van der Waals surface area contributed by atoms with Crippen molar-refractivity contribution in [2.75, 3.05) is 18.5 Å². The second-order valence-corrected chi connectivity index (χ2v) is 3.97. The fourth-order valence-corrected chi connectivity index (χ4v) is 1.75. The number of carbonyl (C=O) groups excluding carboxylic acids is 1. The number of hydrogen-bond donors (Lipinski definition) is 0. The van der Waals surface area contributed by atoms with E-state index in [2.05, 4.69) is 4.99 Å². The minimum atomic E-state index is -0.268. The molecule has 4 heteroatoms. The number of aryl methyl sites for hydroxylation is 1. The lowest BCUT2D eigenvalue weighted by molar-refractivity contribution is -0.116. The van der Waals surface area contributed by atoms with E-state index in [1.165, 1.54) is 11.0 Å². The molecular formula is C12H13FN2O. The number of hydrogen-bond acceptors (Lipinski definition) is 2. The molecule has 0 fully saturated rings. The Morgan fingerprint density at radius 2 is 2.06 bits per heavy atom. The Hall–Kier alpha value is -1.71. The van der Waals surface area contributed by atoms with Crippen molar-refractivity contribution in [1.29, 1.82) is 0 Å². The topological polar surface area (TPSA) is 32.7 Å². The number of halogens is 1. The predicted octanol–water partition coefficient (Wildman–Crippen LogP) is 1.92. The van der Waals surface area contributed by atoms with Crippen LogP contribution in [0.2, 0.25) is 0 Å². The van der Waals surface area contributed by atoms with Crippen molar-refractivity contribution < 1.29 is 9.18 Å². The standard InChI is InChI=1S/C12H13FN2O/c1-7-4-11-9(5-10(7)13)8(2)14-6-12(16)15(11)3/h4-5H,6H2,1-3H3. The van der Waals surface area contributed by atoms with Gasteiger partial charge in [0.15, 0.2) is 0 Å². The third-order valence-corrected chi connectivity index (χ3v) is 2.85. The molecule has 0 saturated heterocycles. The highest BCUT2D eigenvalue weighted by atomic mass is 19.1. The summed E-state index contributed by atoms with van der Waals surface area (Å²) in [7, 11) is 1.69. The lowest BCUT2D eigenvalue weighted by atomic mass is 10.0. The highest BCUT2D eigenvalue weighted by Gasteiger charge is 2.20. The van der Waals surface area contributed by atoms with Gasteiger partial charge in [0.1, 0.15) is 12.4 Å². The van der Waals surface area contributed by atoms with E-state index in [9.17, 15) is 9.18 Å². The number of rotatable bonds is 0. The molecule has 1 aliphatic heterocycles. The van der Waals surface area contributed by atoms with Gasteiger partial charge in [0.25, 0.3) is 0 Å². The van der Waals surface area contributed by atoms with Gasteiger partial charge in [-0.3, -0.25) is 9.79 Å². The number of benzene rings is 1. The summed E-state index contributed by atoms with van der Waals surface area (Å²) in [6.45, 7) is 3.60. The summed E-state index contributed by atoms with van der Waals surface area (Å²) < 4.78 is 13.5. The van der Waals surface area contributed by atoms with Gasteiger partial charge in [-0.05, 0) is 31.5 Å². The molecule has 2 rings (SSSR count). The number of anilines is 1. The van der Waals surface area contributed by atoms with Crippen LogP contribution in [0.25, 0.3) is 0 Å². The van der Waals surface area contributed by atoms with Gasteiger partial charge in [-0.1, -0.05) is 0 Å². The summed E-state index contributed by atoms with van der Waals surface area (Å²) in [4.78, 5) is 17.3. The molecule has 1 aliphatic rings. The van der Waals surface area contributed by atoms with Crippen molar-refractivity contribution in [3.05, 3.63) is 29.1 Å². The minimum absolute atomic E-state index is 0.0795. The fraction of sp³-hybridized carbons (Fsp3) is 0.333. The first-order valence-electron chi connectivity index (χ1n) is 5.09. The van der Waals surface area contributed by atoms with Gasteiger partial charge in [0.2, 0.25) is 5.91 Å². The van der Waals surface area contributed by atoms with E-state index < -0.39 is 0 Å². The Morgan fingerprint density at radius 1 is 1.38 bits per heavy atom. The van der Waals surface area contributed by atoms with E-state index in [1.807, 2.05) is 0 Å². The lowest BCUT2D eigenvalue weighted by Crippen LogP contribution is -2.28. The molecule has 0 aromatic heterocycles. The molecule has 0 saturated carbocycles. The van der Waals surface area contributed by atoms with Gasteiger partial charge in [-0.25, -0.2) is 4.39 Å². The first kappa shape index (κ1) is 10.8. The zero-order chi connectivity index (χ0) is 11.9. The van der Waals surface area contributed by atoms with Crippen LogP contribution in [0, 0.1) is 12.7 Å². The number of amides is 1. The fourth-order valence-electron chi connectivity index (χ4n) is 1.75. The molecule has 1 aromatic carbocycles. The van der Waals surface area contributed by atoms with Crippen LogP contribution in [-0.4, -0.2) is 25.2 Å². The third kappa shape index (κ3) is 1.60. The van der Waals surface area contributed by atoms with Crippen LogP contribution in [0.3, 0.4) is 0 Å². The zero-order valence-corrected chi connectivity index (χ0v) is 9.54. The van der Waals surface area contributed by atoms with Gasteiger partial charge in [-0.15, -0.1) is 0 Å². The summed E-state index contributed by atoms with van der Waals surface area (Å²) in [5.74, 6) is -0.347. The Labute approximate surface area is 93.6 Å². The van der Waals surface area contributed by atoms with Crippen molar-refractivity contribution in [2.24, 2.45) is 4.99 Å². The van der Waals surface area contributed by atoms with Gasteiger partial charge in [-0.2, -0.15) is 0 Å². The van der Waals surface area contributed by atoms with Crippen molar-refractivity contribution in [1.82, 2.24) is 0 Å². The monoisotopic (exact) mass is 220 g/mol. The normalized spacial score (nSPS) is 15.6. The molecule has 1 amide bonds. The first-order chi connectivity index (χ1) is 7.50. The molecule has 0 radical (unpaired) electrons. The third-order valence-electron chi connectivity index (χ3n) is 2.85. The van der Waals surface area contributed by atoms with Gasteiger partial charge in [0, 0.05) is 18.3 Å². The molecule has 0 aliphatic carbocycles. The summed E-state index contributed by atoms with van der Waals surface area (Å²) >= 11 is 0. The average molecular weight is 220 g/mol. The molecule has 3 nitrogen and oxygen atoms in total. The van der Waals surface area contributed by atoms with Crippen LogP contribution in [0.15, 0.2) is 17.1 Å². The molecule has 16 heavy (non-hydrogen) atoms. The number of aliphatic imine (C=N–C) groups is 1. The summed E-state index contributed by atoms with van der Waals surface area (Å²) in [5, 5.41) is 0. The highest BCUT2D eigenvalue weighted by molar-refractivity contribution is 6.10. The largest absolute Gasteiger partial charge is 0.313 e. The molecule has 0 N–H and O–H groups in total. The lowest BCUT2D eigenvalue weighted by Gasteiger charge is -2.18. The number of fused-ring (bicyclic) bond motifs is 1. The van der Waals surface area contributed by atoms with Crippen LogP contribution in [0.1, 0.15) is 18.1 Å². The minimum Gasteiger partial charge on any atom is -0.313 e. The number of nitrogens with zero attached hydrogens (tertiary/aromatic N) is 2. The van der Waals surface area contributed by atoms with Crippen molar-refractivity contribution in [3.63, 3.8) is 0 Å². The molecule has 1 aromatic rings. The molecule has 0 unspecified atom stereocenters. The molecule has 0 bridgehead atoms. The maximum absolute atomic E-state index is 13.5. The molecule has 84 valence electrons. The van der Waals surface area contributed by atoms with E-state index >= 15 is 0 Å². The highest BCUT2D eigenvalue weighted by Crippen LogP contribution is 2.26. The zero-order valence-electron chi connectivity index (χ0n) is 9.54. The Balaban J connectivity index is 2.69. The second kappa shape index (κ2) is 3.70. The quantitative estimate of drug-likeness (QED) is 0.657. The molecule has 1 heterocycles. The Bertz CT molecular complexity index is 494. The van der Waals surface area contributed by atoms with E-state index in [4.69, 9.17) is 0 Å². The van der Waals surface area contributed by atoms with Crippen LogP contribution in [0.5, 0.6) is 0 Å². The van der Waals surface area contributed by atoms with Crippen LogP contribution < -0.4 is 4.90 Å². The number of benzodiazepines with no additional fused rings is 1. The van der Waals surface area contributed by atoms with E-state index in [1.54, 1.807) is 27.0 Å². The maximum Gasteiger partial charge on any atom is 0.248 e. The Morgan fingerprint density at radius 3 is 2.75 bits per heavy atom. The first-order valence-corrected chi connectivity index (χ1v) is 5.09. The van der Waals surface area contributed by atoms with Crippen molar-refractivity contribution in [2.45, 2.75) is 13.8 Å². The summed E-state index contributed by atoms with van der Waals surface area (Å²) in [6.07, 6.45) is 0. The van der Waals surface area contributed by atoms with Crippen LogP contribution in [-0.2, 0) is 4.79 Å². The van der Waals surface area contributed by atoms with Crippen LogP contribution in [0.4, 0.5) is 10.1 Å². The van der Waals surface area contributed by atoms with E-state index in [0.29, 0.717) is 16.8 Å². The van der Waals surface area contributed by atoms with Gasteiger partial charge >= 0.3 is 0 Å². The SMILES string of the molecule is CC1=NCC(=O)N(C)c2cc(C)c(F)cc21. The van der Waals surface area contributed by atoms with E-state index in [-0.39, 0.29) is 18.3 Å². The maximum atomic E-state index is 13.5. The molecule has 0 spiro atoms. The van der Waals surface area contributed by atoms with Gasteiger partial charge in [0.05, 0.1) is 5.69 Å². The van der Waals surface area contributed by atoms with Crippen LogP contribution >= 0.6 is 0 Å². The molecular weight excluding hydrogens is 207 g/mol. The van der Waals surface area contributed by atoms with E-state index in [0.717, 1.165) is 5.69 Å². The number of carbonyl (C=O) groups is 1. The van der Waals surface area contributed by atoms with Gasteiger partial charge < -0.3 is 4.90 Å². The predicted molar refractivity (Wildman–Crippen MR) is 61.6 cm³/mol. The summed E-state index contributed by atoms with van der Waals surface area (Å²) in [6, 6.07) is 3.13. The summed E-state index contributed by atoms with van der Waals surface area (Å²) in [5.41, 5.74) is 2.65. The van der Waals surface area contributed by atoms with Crippen molar-refractivity contribution >= 4 is 17.3 Å². The smallest absolute Gasteiger partial charge is 0.248 e. The molecule has 0 atom stereocenters.